The van der Waals surface area contributed by atoms with Crippen molar-refractivity contribution in [3.05, 3.63) is 65.6 Å². The second-order valence-corrected chi connectivity index (χ2v) is 5.79. The molecule has 1 aromatic heterocycles. The van der Waals surface area contributed by atoms with Crippen LogP contribution in [0.4, 0.5) is 27.6 Å². The van der Waals surface area contributed by atoms with E-state index >= 15 is 0 Å². The number of carbonyl (C=O) groups is 1. The minimum absolute atomic E-state index is 0.00437. The summed E-state index contributed by atoms with van der Waals surface area (Å²) in [5.41, 5.74) is -0.808. The van der Waals surface area contributed by atoms with E-state index in [4.69, 9.17) is 4.42 Å². The minimum atomic E-state index is -4.51. The van der Waals surface area contributed by atoms with Crippen molar-refractivity contribution in [2.75, 3.05) is 5.32 Å². The first-order chi connectivity index (χ1) is 13.2. The molecule has 2 aromatic carbocycles. The second kappa shape index (κ2) is 7.75. The summed E-state index contributed by atoms with van der Waals surface area (Å²) < 4.78 is 69.8. The third-order valence-corrected chi connectivity index (χ3v) is 3.62. The van der Waals surface area contributed by atoms with Crippen LogP contribution < -0.4 is 5.32 Å². The highest BCUT2D eigenvalue weighted by atomic mass is 19.4. The molecular weight excluding hydrogens is 385 g/mol. The topological polar surface area (TPSA) is 68.0 Å². The molecule has 0 atom stereocenters. The molecule has 0 unspecified atom stereocenters. The molecule has 5 nitrogen and oxygen atoms in total. The molecule has 1 heterocycles. The maximum Gasteiger partial charge on any atom is 0.416 e. The summed E-state index contributed by atoms with van der Waals surface area (Å²) in [6.07, 6.45) is -4.65. The van der Waals surface area contributed by atoms with Gasteiger partial charge in [-0.25, -0.2) is 8.78 Å². The SMILES string of the molecule is O=C(CCc1nnc(-c2cccc(C(F)(F)F)c2)o1)Nc1cc(F)cc(F)c1. The largest absolute Gasteiger partial charge is 0.421 e. The summed E-state index contributed by atoms with van der Waals surface area (Å²) in [7, 11) is 0. The highest BCUT2D eigenvalue weighted by Crippen LogP contribution is 2.31. The fraction of sp³-hybridized carbons (Fsp3) is 0.167. The fourth-order valence-electron chi connectivity index (χ4n) is 2.37. The molecule has 10 heteroatoms. The molecule has 0 saturated heterocycles. The van der Waals surface area contributed by atoms with Crippen LogP contribution in [0.1, 0.15) is 17.9 Å². The van der Waals surface area contributed by atoms with E-state index in [0.717, 1.165) is 24.3 Å². The molecule has 1 amide bonds. The van der Waals surface area contributed by atoms with Crippen molar-refractivity contribution >= 4 is 11.6 Å². The van der Waals surface area contributed by atoms with Gasteiger partial charge in [-0.3, -0.25) is 4.79 Å². The van der Waals surface area contributed by atoms with Crippen molar-refractivity contribution in [2.45, 2.75) is 19.0 Å². The number of alkyl halides is 3. The molecule has 0 radical (unpaired) electrons. The van der Waals surface area contributed by atoms with Crippen LogP contribution in [-0.4, -0.2) is 16.1 Å². The van der Waals surface area contributed by atoms with Gasteiger partial charge in [0.25, 0.3) is 0 Å². The van der Waals surface area contributed by atoms with E-state index in [1.807, 2.05) is 0 Å². The maximum absolute atomic E-state index is 13.1. The molecule has 3 rings (SSSR count). The number of hydrogen-bond acceptors (Lipinski definition) is 4. The van der Waals surface area contributed by atoms with Crippen LogP contribution in [0, 0.1) is 11.6 Å². The van der Waals surface area contributed by atoms with Gasteiger partial charge in [0.15, 0.2) is 0 Å². The van der Waals surface area contributed by atoms with Crippen molar-refractivity contribution < 1.29 is 31.2 Å². The molecule has 28 heavy (non-hydrogen) atoms. The number of amides is 1. The fourth-order valence-corrected chi connectivity index (χ4v) is 2.37. The molecule has 1 N–H and O–H groups in total. The Balaban J connectivity index is 1.63. The smallest absolute Gasteiger partial charge is 0.416 e. The summed E-state index contributed by atoms with van der Waals surface area (Å²) >= 11 is 0. The Morgan fingerprint density at radius 3 is 2.43 bits per heavy atom. The summed E-state index contributed by atoms with van der Waals surface area (Å²) in [6.45, 7) is 0. The zero-order valence-electron chi connectivity index (χ0n) is 14.1. The molecule has 0 bridgehead atoms. The third kappa shape index (κ3) is 4.90. The van der Waals surface area contributed by atoms with Gasteiger partial charge in [0.1, 0.15) is 11.6 Å². The highest BCUT2D eigenvalue weighted by Gasteiger charge is 2.30. The summed E-state index contributed by atoms with van der Waals surface area (Å²) in [5.74, 6) is -2.30. The van der Waals surface area contributed by atoms with Crippen LogP contribution in [0.25, 0.3) is 11.5 Å². The van der Waals surface area contributed by atoms with Crippen LogP contribution in [0.15, 0.2) is 46.9 Å². The number of aromatic nitrogens is 2. The number of anilines is 1. The van der Waals surface area contributed by atoms with Crippen molar-refractivity contribution in [1.82, 2.24) is 10.2 Å². The molecule has 0 aliphatic rings. The quantitative estimate of drug-likeness (QED) is 0.639. The highest BCUT2D eigenvalue weighted by molar-refractivity contribution is 5.90. The van der Waals surface area contributed by atoms with Crippen LogP contribution >= 0.6 is 0 Å². The first-order valence-electron chi connectivity index (χ1n) is 7.97. The number of aryl methyl sites for hydroxylation is 1. The Morgan fingerprint density at radius 2 is 1.75 bits per heavy atom. The maximum atomic E-state index is 13.1. The van der Waals surface area contributed by atoms with E-state index in [9.17, 15) is 26.7 Å². The molecule has 3 aromatic rings. The van der Waals surface area contributed by atoms with Gasteiger partial charge in [-0.05, 0) is 30.3 Å². The lowest BCUT2D eigenvalue weighted by Gasteiger charge is -2.06. The molecule has 146 valence electrons. The number of benzene rings is 2. The predicted octanol–water partition coefficient (Wildman–Crippen LogP) is 4.60. The predicted molar refractivity (Wildman–Crippen MR) is 88.0 cm³/mol. The van der Waals surface area contributed by atoms with Gasteiger partial charge < -0.3 is 9.73 Å². The Kier molecular flexibility index (Phi) is 5.39. The standard InChI is InChI=1S/C18H12F5N3O2/c19-12-7-13(20)9-14(8-12)24-15(27)4-5-16-25-26-17(28-16)10-2-1-3-11(6-10)18(21,22)23/h1-3,6-9H,4-5H2,(H,24,27). The van der Waals surface area contributed by atoms with Gasteiger partial charge in [0.2, 0.25) is 17.7 Å². The zero-order valence-corrected chi connectivity index (χ0v) is 14.1. The van der Waals surface area contributed by atoms with Crippen LogP contribution in [0.3, 0.4) is 0 Å². The molecule has 0 spiro atoms. The van der Waals surface area contributed by atoms with E-state index in [1.165, 1.54) is 12.1 Å². The lowest BCUT2D eigenvalue weighted by Crippen LogP contribution is -2.12. The van der Waals surface area contributed by atoms with Crippen LogP contribution in [-0.2, 0) is 17.4 Å². The zero-order chi connectivity index (χ0) is 20.3. The molecule has 0 fully saturated rings. The number of carbonyl (C=O) groups excluding carboxylic acids is 1. The lowest BCUT2D eigenvalue weighted by atomic mass is 10.1. The number of nitrogens with zero attached hydrogens (tertiary/aromatic N) is 2. The van der Waals surface area contributed by atoms with Gasteiger partial charge in [-0.1, -0.05) is 6.07 Å². The number of nitrogens with one attached hydrogen (secondary N) is 1. The minimum Gasteiger partial charge on any atom is -0.421 e. The first-order valence-corrected chi connectivity index (χ1v) is 7.97. The van der Waals surface area contributed by atoms with E-state index < -0.39 is 29.3 Å². The number of hydrogen-bond donors (Lipinski definition) is 1. The van der Waals surface area contributed by atoms with Gasteiger partial charge in [0.05, 0.1) is 5.56 Å². The molecule has 0 aliphatic carbocycles. The number of halogens is 5. The lowest BCUT2D eigenvalue weighted by molar-refractivity contribution is -0.137. The van der Waals surface area contributed by atoms with E-state index in [2.05, 4.69) is 15.5 Å². The van der Waals surface area contributed by atoms with E-state index in [0.29, 0.717) is 6.07 Å². The first kappa shape index (κ1) is 19.5. The summed E-state index contributed by atoms with van der Waals surface area (Å²) in [4.78, 5) is 11.9. The third-order valence-electron chi connectivity index (χ3n) is 3.62. The molecular formula is C18H12F5N3O2. The second-order valence-electron chi connectivity index (χ2n) is 5.79. The normalized spacial score (nSPS) is 11.5. The average Bonchev–Trinajstić information content (AvgIpc) is 3.07. The van der Waals surface area contributed by atoms with Gasteiger partial charge in [-0.15, -0.1) is 10.2 Å². The van der Waals surface area contributed by atoms with Crippen LogP contribution in [0.5, 0.6) is 0 Å². The Morgan fingerprint density at radius 1 is 1.04 bits per heavy atom. The van der Waals surface area contributed by atoms with Gasteiger partial charge in [0, 0.05) is 30.2 Å². The van der Waals surface area contributed by atoms with Crippen molar-refractivity contribution in [1.29, 1.82) is 0 Å². The Labute approximate surface area is 155 Å². The summed E-state index contributed by atoms with van der Waals surface area (Å²) in [5, 5.41) is 9.70. The van der Waals surface area contributed by atoms with Gasteiger partial charge in [-0.2, -0.15) is 13.2 Å². The van der Waals surface area contributed by atoms with Gasteiger partial charge >= 0.3 is 6.18 Å². The van der Waals surface area contributed by atoms with E-state index in [1.54, 1.807) is 0 Å². The monoisotopic (exact) mass is 397 g/mol. The van der Waals surface area contributed by atoms with Crippen molar-refractivity contribution in [3.8, 4) is 11.5 Å². The number of rotatable bonds is 5. The Hall–Kier alpha value is -3.30. The van der Waals surface area contributed by atoms with Crippen molar-refractivity contribution in [2.24, 2.45) is 0 Å². The Bertz CT molecular complexity index is 981. The van der Waals surface area contributed by atoms with Crippen LogP contribution in [0.2, 0.25) is 0 Å². The molecule has 0 saturated carbocycles. The average molecular weight is 397 g/mol. The van der Waals surface area contributed by atoms with E-state index in [-0.39, 0.29) is 35.9 Å². The van der Waals surface area contributed by atoms with Crippen molar-refractivity contribution in [3.63, 3.8) is 0 Å². The summed E-state index contributed by atoms with van der Waals surface area (Å²) in [6, 6.07) is 6.98. The molecule has 0 aliphatic heterocycles.